The number of β-lactam (4-membered cyclic amide) rings is 1. The zero-order valence-corrected chi connectivity index (χ0v) is 19.7. The first kappa shape index (κ1) is 23.1. The van der Waals surface area contributed by atoms with E-state index in [0.717, 1.165) is 22.6 Å². The number of hydrogen-bond acceptors (Lipinski definition) is 8. The first-order chi connectivity index (χ1) is 15.4. The number of esters is 1. The van der Waals surface area contributed by atoms with Crippen molar-refractivity contribution in [3.63, 3.8) is 0 Å². The van der Waals surface area contributed by atoms with Crippen molar-refractivity contribution < 1.29 is 29.0 Å². The monoisotopic (exact) mass is 494 g/mol. The Labute approximate surface area is 197 Å². The second-order valence-corrected chi connectivity index (χ2v) is 11.3. The van der Waals surface area contributed by atoms with Crippen molar-refractivity contribution in [2.75, 3.05) is 23.9 Å². The van der Waals surface area contributed by atoms with E-state index in [1.807, 2.05) is 47.8 Å². The maximum Gasteiger partial charge on any atom is 0.352 e. The third-order valence-electron chi connectivity index (χ3n) is 5.30. The van der Waals surface area contributed by atoms with Crippen molar-refractivity contribution in [2.24, 2.45) is 0 Å². The van der Waals surface area contributed by atoms with E-state index in [0.29, 0.717) is 15.9 Å². The molecule has 3 aliphatic rings. The summed E-state index contributed by atoms with van der Waals surface area (Å²) >= 11 is 5.08. The van der Waals surface area contributed by atoms with E-state index in [9.17, 15) is 24.3 Å². The van der Waals surface area contributed by atoms with Crippen molar-refractivity contribution in [1.29, 1.82) is 0 Å². The number of fused-ring (bicyclic) bond motifs is 1. The van der Waals surface area contributed by atoms with Crippen molar-refractivity contribution in [3.05, 3.63) is 46.7 Å². The highest BCUT2D eigenvalue weighted by Gasteiger charge is 2.54. The summed E-state index contributed by atoms with van der Waals surface area (Å²) in [6.45, 7) is 1.06. The van der Waals surface area contributed by atoms with Gasteiger partial charge in [0.25, 0.3) is 5.91 Å². The van der Waals surface area contributed by atoms with Crippen LogP contribution in [0.5, 0.6) is 0 Å². The van der Waals surface area contributed by atoms with E-state index < -0.39 is 29.3 Å². The Morgan fingerprint density at radius 2 is 1.91 bits per heavy atom. The standard InChI is InChI=1S/C21H22N2O6S3/c1-11(24)29-9-13-10-32-19-16(18(26)23(19)17(13)20(27)28)22-15(25)8-12-4-2-3-5-14(12)21-30-6-7-31-21/h2-5,16,19,21H,6-10H2,1H3,(H,22,25)(H,27,28)/t16?,19-/m1/s1. The number of nitrogens with one attached hydrogen (secondary N) is 1. The zero-order valence-electron chi connectivity index (χ0n) is 17.2. The van der Waals surface area contributed by atoms with Gasteiger partial charge in [-0.2, -0.15) is 0 Å². The Bertz CT molecular complexity index is 992. The van der Waals surface area contributed by atoms with E-state index in [1.54, 1.807) is 0 Å². The first-order valence-corrected chi connectivity index (χ1v) is 13.1. The van der Waals surface area contributed by atoms with Crippen LogP contribution in [-0.2, 0) is 30.3 Å². The minimum atomic E-state index is -1.25. The van der Waals surface area contributed by atoms with Crippen LogP contribution in [0.4, 0.5) is 0 Å². The molecule has 3 heterocycles. The molecule has 4 rings (SSSR count). The summed E-state index contributed by atoms with van der Waals surface area (Å²) < 4.78 is 5.24. The number of benzene rings is 1. The summed E-state index contributed by atoms with van der Waals surface area (Å²) in [6.07, 6.45) is 0.161. The molecule has 3 aliphatic heterocycles. The van der Waals surface area contributed by atoms with Crippen LogP contribution < -0.4 is 5.32 Å². The molecule has 1 unspecified atom stereocenters. The molecule has 0 saturated carbocycles. The number of thioether (sulfide) groups is 3. The summed E-state index contributed by atoms with van der Waals surface area (Å²) in [5.74, 6) is -0.0475. The highest BCUT2D eigenvalue weighted by Crippen LogP contribution is 2.46. The lowest BCUT2D eigenvalue weighted by Crippen LogP contribution is -2.70. The van der Waals surface area contributed by atoms with Crippen LogP contribution in [0.15, 0.2) is 35.5 Å². The summed E-state index contributed by atoms with van der Waals surface area (Å²) in [5.41, 5.74) is 2.28. The second-order valence-electron chi connectivity index (χ2n) is 7.44. The van der Waals surface area contributed by atoms with Gasteiger partial charge in [0, 0.05) is 29.8 Å². The van der Waals surface area contributed by atoms with Gasteiger partial charge in [0.05, 0.1) is 11.0 Å². The first-order valence-electron chi connectivity index (χ1n) is 10.0. The molecule has 170 valence electrons. The lowest BCUT2D eigenvalue weighted by molar-refractivity contribution is -0.151. The van der Waals surface area contributed by atoms with Crippen LogP contribution in [0.25, 0.3) is 0 Å². The van der Waals surface area contributed by atoms with Crippen LogP contribution in [0.2, 0.25) is 0 Å². The van der Waals surface area contributed by atoms with Crippen LogP contribution in [0.3, 0.4) is 0 Å². The predicted octanol–water partition coefficient (Wildman–Crippen LogP) is 2.01. The highest BCUT2D eigenvalue weighted by molar-refractivity contribution is 8.19. The predicted molar refractivity (Wildman–Crippen MR) is 124 cm³/mol. The lowest BCUT2D eigenvalue weighted by Gasteiger charge is -2.49. The van der Waals surface area contributed by atoms with Gasteiger partial charge in [0.2, 0.25) is 5.91 Å². The molecule has 8 nitrogen and oxygen atoms in total. The minimum Gasteiger partial charge on any atom is -0.477 e. The normalized spacial score (nSPS) is 22.9. The number of carboxylic acids is 1. The number of carbonyl (C=O) groups is 4. The van der Waals surface area contributed by atoms with Crippen LogP contribution >= 0.6 is 35.3 Å². The fourth-order valence-corrected chi connectivity index (χ4v) is 8.15. The molecular formula is C21H22N2O6S3. The topological polar surface area (TPSA) is 113 Å². The molecule has 0 aliphatic carbocycles. The number of aliphatic carboxylic acids is 1. The second kappa shape index (κ2) is 9.80. The highest BCUT2D eigenvalue weighted by atomic mass is 32.2. The molecular weight excluding hydrogens is 472 g/mol. The van der Waals surface area contributed by atoms with E-state index in [1.165, 1.54) is 23.6 Å². The number of amides is 2. The van der Waals surface area contributed by atoms with Crippen LogP contribution in [0, 0.1) is 0 Å². The molecule has 2 amide bonds. The molecule has 1 aromatic carbocycles. The van der Waals surface area contributed by atoms with Gasteiger partial charge in [-0.05, 0) is 11.1 Å². The Hall–Kier alpha value is -2.11. The van der Waals surface area contributed by atoms with Gasteiger partial charge >= 0.3 is 11.9 Å². The van der Waals surface area contributed by atoms with Crippen LogP contribution in [-0.4, -0.2) is 69.0 Å². The maximum atomic E-state index is 12.8. The molecule has 32 heavy (non-hydrogen) atoms. The summed E-state index contributed by atoms with van der Waals surface area (Å²) in [4.78, 5) is 49.6. The van der Waals surface area contributed by atoms with Crippen molar-refractivity contribution in [2.45, 2.75) is 29.3 Å². The van der Waals surface area contributed by atoms with Gasteiger partial charge in [-0.1, -0.05) is 24.3 Å². The van der Waals surface area contributed by atoms with Crippen molar-refractivity contribution in [3.8, 4) is 0 Å². The number of ether oxygens (including phenoxy) is 1. The minimum absolute atomic E-state index is 0.161. The third-order valence-corrected chi connectivity index (χ3v) is 9.71. The van der Waals surface area contributed by atoms with E-state index in [-0.39, 0.29) is 24.6 Å². The van der Waals surface area contributed by atoms with Gasteiger partial charge in [-0.25, -0.2) is 4.79 Å². The third kappa shape index (κ3) is 4.65. The Kier molecular flexibility index (Phi) is 7.06. The van der Waals surface area contributed by atoms with Gasteiger partial charge in [0.1, 0.15) is 23.7 Å². The van der Waals surface area contributed by atoms with Gasteiger partial charge < -0.3 is 15.2 Å². The number of carbonyl (C=O) groups excluding carboxylic acids is 3. The molecule has 2 N–H and O–H groups in total. The zero-order chi connectivity index (χ0) is 22.8. The van der Waals surface area contributed by atoms with Crippen molar-refractivity contribution in [1.82, 2.24) is 10.2 Å². The van der Waals surface area contributed by atoms with Crippen LogP contribution in [0.1, 0.15) is 22.6 Å². The fourth-order valence-electron chi connectivity index (χ4n) is 3.84. The number of carboxylic acid groups (broad SMARTS) is 1. The molecule has 2 fully saturated rings. The summed E-state index contributed by atoms with van der Waals surface area (Å²) in [6, 6.07) is 7.07. The molecule has 0 spiro atoms. The van der Waals surface area contributed by atoms with E-state index in [4.69, 9.17) is 4.74 Å². The summed E-state index contributed by atoms with van der Waals surface area (Å²) in [5, 5.41) is 11.9. The average Bonchev–Trinajstić information content (AvgIpc) is 3.30. The molecule has 0 bridgehead atoms. The number of rotatable bonds is 7. The van der Waals surface area contributed by atoms with Gasteiger partial charge in [-0.15, -0.1) is 35.3 Å². The van der Waals surface area contributed by atoms with Gasteiger partial charge in [0.15, 0.2) is 0 Å². The van der Waals surface area contributed by atoms with Crippen molar-refractivity contribution >= 4 is 59.0 Å². The molecule has 2 saturated heterocycles. The Morgan fingerprint density at radius 3 is 2.59 bits per heavy atom. The molecule has 2 atom stereocenters. The SMILES string of the molecule is CC(=O)OCC1=C(C(=O)O)N2C(=O)C(NC(=O)Cc3ccccc3C3SCCS3)[C@H]2SC1. The van der Waals surface area contributed by atoms with E-state index >= 15 is 0 Å². The molecule has 0 aromatic heterocycles. The largest absolute Gasteiger partial charge is 0.477 e. The number of hydrogen-bond donors (Lipinski definition) is 2. The number of nitrogens with zero attached hydrogens (tertiary/aromatic N) is 1. The quantitative estimate of drug-likeness (QED) is 0.434. The fraction of sp³-hybridized carbons (Fsp3) is 0.429. The average molecular weight is 495 g/mol. The maximum absolute atomic E-state index is 12.8. The smallest absolute Gasteiger partial charge is 0.352 e. The molecule has 1 aromatic rings. The lowest BCUT2D eigenvalue weighted by atomic mass is 10.0. The Morgan fingerprint density at radius 1 is 1.19 bits per heavy atom. The molecule has 11 heteroatoms. The van der Waals surface area contributed by atoms with Gasteiger partial charge in [-0.3, -0.25) is 19.3 Å². The summed E-state index contributed by atoms with van der Waals surface area (Å²) in [7, 11) is 0. The Balaban J connectivity index is 1.43. The van der Waals surface area contributed by atoms with E-state index in [2.05, 4.69) is 5.32 Å². The molecule has 0 radical (unpaired) electrons.